The molecule has 1 amide bonds. The Balaban J connectivity index is 1.64. The summed E-state index contributed by atoms with van der Waals surface area (Å²) >= 11 is 0. The number of benzene rings is 2. The first-order valence-corrected chi connectivity index (χ1v) is 12.4. The molecule has 2 aromatic carbocycles. The van der Waals surface area contributed by atoms with Gasteiger partial charge in [0, 0.05) is 37.1 Å². The molecule has 0 saturated carbocycles. The highest BCUT2D eigenvalue weighted by molar-refractivity contribution is 7.88. The molecule has 2 heterocycles. The summed E-state index contributed by atoms with van der Waals surface area (Å²) in [6.07, 6.45) is 2.45. The van der Waals surface area contributed by atoms with Crippen LogP contribution in [0.4, 0.5) is 0 Å². The topological polar surface area (TPSA) is 79.8 Å². The van der Waals surface area contributed by atoms with Gasteiger partial charge in [-0.25, -0.2) is 17.7 Å². The van der Waals surface area contributed by atoms with Gasteiger partial charge in [-0.3, -0.25) is 4.79 Å². The Kier molecular flexibility index (Phi) is 6.17. The number of nitrogens with zero attached hydrogens (tertiary/aromatic N) is 3. The predicted molar refractivity (Wildman–Crippen MR) is 125 cm³/mol. The quantitative estimate of drug-likeness (QED) is 0.592. The fourth-order valence-electron chi connectivity index (χ4n) is 4.14. The summed E-state index contributed by atoms with van der Waals surface area (Å²) < 4.78 is 30.4. The molecule has 7 nitrogen and oxygen atoms in total. The Labute approximate surface area is 188 Å². The third-order valence-electron chi connectivity index (χ3n) is 6.12. The molecule has 1 aliphatic rings. The molecular weight excluding hydrogens is 426 g/mol. The van der Waals surface area contributed by atoms with E-state index in [0.717, 1.165) is 27.9 Å². The maximum absolute atomic E-state index is 13.5. The summed E-state index contributed by atoms with van der Waals surface area (Å²) in [5.74, 6) is 0.701. The number of hydrogen-bond acceptors (Lipinski definition) is 5. The van der Waals surface area contributed by atoms with Crippen molar-refractivity contribution in [1.82, 2.24) is 14.2 Å². The van der Waals surface area contributed by atoms with Crippen LogP contribution in [-0.2, 0) is 10.0 Å². The van der Waals surface area contributed by atoms with Crippen molar-refractivity contribution in [2.75, 3.05) is 33.5 Å². The lowest BCUT2D eigenvalue weighted by atomic mass is 10.0. The van der Waals surface area contributed by atoms with Gasteiger partial charge in [0.2, 0.25) is 10.0 Å². The van der Waals surface area contributed by atoms with E-state index in [9.17, 15) is 13.2 Å². The molecule has 168 valence electrons. The van der Waals surface area contributed by atoms with Gasteiger partial charge < -0.3 is 9.64 Å². The molecule has 1 fully saturated rings. The molecule has 0 radical (unpaired) electrons. The van der Waals surface area contributed by atoms with Gasteiger partial charge in [-0.05, 0) is 49.2 Å². The van der Waals surface area contributed by atoms with Gasteiger partial charge in [0.05, 0.1) is 30.1 Å². The third-order valence-corrected chi connectivity index (χ3v) is 7.47. The van der Waals surface area contributed by atoms with Crippen LogP contribution in [0.25, 0.3) is 22.2 Å². The van der Waals surface area contributed by atoms with Crippen molar-refractivity contribution < 1.29 is 17.9 Å². The van der Waals surface area contributed by atoms with Crippen LogP contribution in [0.3, 0.4) is 0 Å². The van der Waals surface area contributed by atoms with Crippen molar-refractivity contribution in [3.8, 4) is 17.0 Å². The first-order chi connectivity index (χ1) is 15.3. The minimum atomic E-state index is -3.25. The summed E-state index contributed by atoms with van der Waals surface area (Å²) in [5, 5.41) is 0.810. The van der Waals surface area contributed by atoms with Crippen LogP contribution in [0.1, 0.15) is 23.2 Å². The fourth-order valence-corrected chi connectivity index (χ4v) is 4.89. The van der Waals surface area contributed by atoms with Crippen LogP contribution in [0.2, 0.25) is 0 Å². The van der Waals surface area contributed by atoms with Crippen molar-refractivity contribution in [3.63, 3.8) is 0 Å². The van der Waals surface area contributed by atoms with Crippen molar-refractivity contribution >= 4 is 26.8 Å². The van der Waals surface area contributed by atoms with Crippen LogP contribution in [-0.4, -0.2) is 68.1 Å². The van der Waals surface area contributed by atoms with Crippen LogP contribution in [0.15, 0.2) is 54.6 Å². The number of likely N-dealkylation sites (tertiary alicyclic amines) is 1. The minimum absolute atomic E-state index is 0.0566. The molecule has 0 N–H and O–H groups in total. The van der Waals surface area contributed by atoms with Crippen molar-refractivity contribution in [2.45, 2.75) is 18.9 Å². The van der Waals surface area contributed by atoms with Crippen LogP contribution in [0.5, 0.6) is 5.75 Å². The number of fused-ring (bicyclic) bond motifs is 1. The van der Waals surface area contributed by atoms with Crippen LogP contribution < -0.4 is 4.74 Å². The molecule has 4 rings (SSSR count). The molecule has 32 heavy (non-hydrogen) atoms. The van der Waals surface area contributed by atoms with Gasteiger partial charge in [-0.2, -0.15) is 0 Å². The van der Waals surface area contributed by atoms with Gasteiger partial charge in [0.25, 0.3) is 5.91 Å². The van der Waals surface area contributed by atoms with E-state index in [1.807, 2.05) is 59.5 Å². The minimum Gasteiger partial charge on any atom is -0.497 e. The lowest BCUT2D eigenvalue weighted by Gasteiger charge is -2.35. The zero-order valence-corrected chi connectivity index (χ0v) is 19.3. The molecule has 0 aliphatic carbocycles. The van der Waals surface area contributed by atoms with E-state index >= 15 is 0 Å². The number of carbonyl (C=O) groups excluding carboxylic acids is 1. The Morgan fingerprint density at radius 3 is 2.38 bits per heavy atom. The number of piperidine rings is 1. The van der Waals surface area contributed by atoms with Gasteiger partial charge in [-0.15, -0.1) is 0 Å². The zero-order chi connectivity index (χ0) is 22.9. The highest BCUT2D eigenvalue weighted by Gasteiger charge is 2.30. The van der Waals surface area contributed by atoms with E-state index in [1.165, 1.54) is 10.6 Å². The smallest absolute Gasteiger partial charge is 0.254 e. The summed E-state index contributed by atoms with van der Waals surface area (Å²) in [6, 6.07) is 17.0. The summed E-state index contributed by atoms with van der Waals surface area (Å²) in [5.41, 5.74) is 2.99. The standard InChI is InChI=1S/C24H27N3O4S/c1-26(32(3,29)30)18-12-14-27(15-13-18)24(28)21-16-23(17-8-10-19(31-2)11-9-17)25-22-7-5-4-6-20(21)22/h4-11,16,18H,12-15H2,1-3H3. The van der Waals surface area contributed by atoms with E-state index in [2.05, 4.69) is 0 Å². The molecule has 0 atom stereocenters. The Morgan fingerprint density at radius 2 is 1.75 bits per heavy atom. The van der Waals surface area contributed by atoms with Crippen molar-refractivity contribution in [3.05, 3.63) is 60.2 Å². The molecule has 8 heteroatoms. The maximum Gasteiger partial charge on any atom is 0.254 e. The Hall–Kier alpha value is -2.97. The molecule has 1 aromatic heterocycles. The number of carbonyl (C=O) groups is 1. The van der Waals surface area contributed by atoms with E-state index in [0.29, 0.717) is 31.5 Å². The number of para-hydroxylation sites is 1. The average molecular weight is 454 g/mol. The highest BCUT2D eigenvalue weighted by atomic mass is 32.2. The number of sulfonamides is 1. The number of hydrogen-bond donors (Lipinski definition) is 0. The van der Waals surface area contributed by atoms with Crippen LogP contribution >= 0.6 is 0 Å². The maximum atomic E-state index is 13.5. The third kappa shape index (κ3) is 4.47. The largest absolute Gasteiger partial charge is 0.497 e. The van der Waals surface area contributed by atoms with Gasteiger partial charge in [-0.1, -0.05) is 18.2 Å². The van der Waals surface area contributed by atoms with E-state index in [-0.39, 0.29) is 11.9 Å². The lowest BCUT2D eigenvalue weighted by Crippen LogP contribution is -2.47. The predicted octanol–water partition coefficient (Wildman–Crippen LogP) is 3.41. The molecular formula is C24H27N3O4S. The number of rotatable bonds is 5. The van der Waals surface area contributed by atoms with Crippen molar-refractivity contribution in [2.24, 2.45) is 0 Å². The summed E-state index contributed by atoms with van der Waals surface area (Å²) in [6.45, 7) is 1.02. The summed E-state index contributed by atoms with van der Waals surface area (Å²) in [7, 11) is -0.0217. The molecule has 0 spiro atoms. The number of aromatic nitrogens is 1. The highest BCUT2D eigenvalue weighted by Crippen LogP contribution is 2.28. The zero-order valence-electron chi connectivity index (χ0n) is 18.5. The second kappa shape index (κ2) is 8.88. The number of ether oxygens (including phenoxy) is 1. The molecule has 3 aromatic rings. The van der Waals surface area contributed by atoms with E-state index in [1.54, 1.807) is 14.2 Å². The molecule has 1 aliphatic heterocycles. The number of methoxy groups -OCH3 is 1. The summed E-state index contributed by atoms with van der Waals surface area (Å²) in [4.78, 5) is 20.1. The second-order valence-corrected chi connectivity index (χ2v) is 10.1. The van der Waals surface area contributed by atoms with E-state index < -0.39 is 10.0 Å². The van der Waals surface area contributed by atoms with Gasteiger partial charge in [0.1, 0.15) is 5.75 Å². The monoisotopic (exact) mass is 453 g/mol. The lowest BCUT2D eigenvalue weighted by molar-refractivity contribution is 0.0688. The van der Waals surface area contributed by atoms with Crippen molar-refractivity contribution in [1.29, 1.82) is 0 Å². The Bertz CT molecular complexity index is 1230. The molecule has 0 unspecified atom stereocenters. The number of amides is 1. The Morgan fingerprint density at radius 1 is 1.09 bits per heavy atom. The average Bonchev–Trinajstić information content (AvgIpc) is 2.82. The first kappa shape index (κ1) is 22.2. The fraction of sp³-hybridized carbons (Fsp3) is 0.333. The first-order valence-electron chi connectivity index (χ1n) is 10.5. The normalized spacial score (nSPS) is 15.3. The van der Waals surface area contributed by atoms with E-state index in [4.69, 9.17) is 9.72 Å². The van der Waals surface area contributed by atoms with Gasteiger partial charge in [0.15, 0.2) is 0 Å². The SMILES string of the molecule is COc1ccc(-c2cc(C(=O)N3CCC(N(C)S(C)(=O)=O)CC3)c3ccccc3n2)cc1. The second-order valence-electron chi connectivity index (χ2n) is 8.10. The van der Waals surface area contributed by atoms with Crippen LogP contribution in [0, 0.1) is 0 Å². The molecule has 0 bridgehead atoms. The molecule has 1 saturated heterocycles. The van der Waals surface area contributed by atoms with Gasteiger partial charge >= 0.3 is 0 Å². The number of pyridine rings is 1.